The Bertz CT molecular complexity index is 923. The van der Waals surface area contributed by atoms with Crippen LogP contribution in [0.5, 0.6) is 5.75 Å². The molecule has 0 saturated carbocycles. The van der Waals surface area contributed by atoms with Crippen LogP contribution in [0.1, 0.15) is 24.0 Å². The Hall–Kier alpha value is -2.13. The largest absolute Gasteiger partial charge is 0.490 e. The lowest BCUT2D eigenvalue weighted by molar-refractivity contribution is -0.139. The molecule has 152 valence electrons. The number of benzene rings is 2. The Morgan fingerprint density at radius 1 is 1.04 bits per heavy atom. The standard InChI is InChI=1S/C19H19F4NO3S/c20-13-14-4-3-5-16(12-14)28(25,26)24-10-8-15(9-11-24)27-18-7-2-1-6-17(18)19(21,22)23/h1-7,12,15H,8-11,13H2. The van der Waals surface area contributed by atoms with Gasteiger partial charge in [0.1, 0.15) is 18.5 Å². The van der Waals surface area contributed by atoms with Crippen LogP contribution in [0.4, 0.5) is 17.6 Å². The summed E-state index contributed by atoms with van der Waals surface area (Å²) in [4.78, 5) is 0.00411. The van der Waals surface area contributed by atoms with Gasteiger partial charge in [-0.1, -0.05) is 24.3 Å². The van der Waals surface area contributed by atoms with Gasteiger partial charge in [0.25, 0.3) is 0 Å². The van der Waals surface area contributed by atoms with Crippen LogP contribution in [0.15, 0.2) is 53.4 Å². The predicted octanol–water partition coefficient (Wildman–Crippen LogP) is 4.41. The van der Waals surface area contributed by atoms with Crippen LogP contribution >= 0.6 is 0 Å². The van der Waals surface area contributed by atoms with Crippen molar-refractivity contribution in [2.75, 3.05) is 13.1 Å². The monoisotopic (exact) mass is 417 g/mol. The van der Waals surface area contributed by atoms with Crippen LogP contribution in [0.2, 0.25) is 0 Å². The zero-order chi connectivity index (χ0) is 20.4. The number of halogens is 4. The predicted molar refractivity (Wildman–Crippen MR) is 95.1 cm³/mol. The van der Waals surface area contributed by atoms with E-state index in [4.69, 9.17) is 4.74 Å². The van der Waals surface area contributed by atoms with Crippen LogP contribution in [0.3, 0.4) is 0 Å². The van der Waals surface area contributed by atoms with E-state index < -0.39 is 34.5 Å². The summed E-state index contributed by atoms with van der Waals surface area (Å²) in [6, 6.07) is 10.6. The summed E-state index contributed by atoms with van der Waals surface area (Å²) in [5.74, 6) is -0.257. The maximum absolute atomic E-state index is 13.1. The Kier molecular flexibility index (Phi) is 5.95. The molecular weight excluding hydrogens is 398 g/mol. The van der Waals surface area contributed by atoms with Gasteiger partial charge in [-0.3, -0.25) is 0 Å². The number of rotatable bonds is 5. The molecule has 1 heterocycles. The highest BCUT2D eigenvalue weighted by Crippen LogP contribution is 2.37. The average molecular weight is 417 g/mol. The quantitative estimate of drug-likeness (QED) is 0.678. The molecule has 1 fully saturated rings. The fourth-order valence-corrected chi connectivity index (χ4v) is 4.65. The molecule has 0 spiro atoms. The van der Waals surface area contributed by atoms with Gasteiger partial charge in [-0.15, -0.1) is 0 Å². The number of hydrogen-bond acceptors (Lipinski definition) is 3. The van der Waals surface area contributed by atoms with Gasteiger partial charge in [0.05, 0.1) is 10.5 Å². The van der Waals surface area contributed by atoms with Crippen LogP contribution in [0, 0.1) is 0 Å². The maximum Gasteiger partial charge on any atom is 0.419 e. The topological polar surface area (TPSA) is 46.6 Å². The fourth-order valence-electron chi connectivity index (χ4n) is 3.11. The minimum absolute atomic E-state index is 0.00411. The molecule has 9 heteroatoms. The lowest BCUT2D eigenvalue weighted by Gasteiger charge is -2.32. The van der Waals surface area contributed by atoms with E-state index in [9.17, 15) is 26.0 Å². The van der Waals surface area contributed by atoms with E-state index in [2.05, 4.69) is 0 Å². The first-order chi connectivity index (χ1) is 13.2. The molecule has 1 aliphatic rings. The Morgan fingerprint density at radius 2 is 1.71 bits per heavy atom. The van der Waals surface area contributed by atoms with Crippen LogP contribution in [-0.2, 0) is 22.9 Å². The van der Waals surface area contributed by atoms with Gasteiger partial charge in [0, 0.05) is 13.1 Å². The van der Waals surface area contributed by atoms with E-state index >= 15 is 0 Å². The highest BCUT2D eigenvalue weighted by molar-refractivity contribution is 7.89. The summed E-state index contributed by atoms with van der Waals surface area (Å²) >= 11 is 0. The SMILES string of the molecule is O=S(=O)(c1cccc(CF)c1)N1CCC(Oc2ccccc2C(F)(F)F)CC1. The van der Waals surface area contributed by atoms with E-state index in [0.29, 0.717) is 0 Å². The summed E-state index contributed by atoms with van der Waals surface area (Å²) in [6.07, 6.45) is -4.53. The molecule has 0 bridgehead atoms. The summed E-state index contributed by atoms with van der Waals surface area (Å²) in [6.45, 7) is -0.542. The number of hydrogen-bond donors (Lipinski definition) is 0. The van der Waals surface area contributed by atoms with Crippen LogP contribution in [-0.4, -0.2) is 31.9 Å². The normalized spacial score (nSPS) is 16.9. The highest BCUT2D eigenvalue weighted by atomic mass is 32.2. The number of para-hydroxylation sites is 1. The third kappa shape index (κ3) is 4.47. The van der Waals surface area contributed by atoms with E-state index in [1.54, 1.807) is 0 Å². The van der Waals surface area contributed by atoms with E-state index in [-0.39, 0.29) is 42.1 Å². The van der Waals surface area contributed by atoms with Gasteiger partial charge in [-0.25, -0.2) is 12.8 Å². The molecule has 4 nitrogen and oxygen atoms in total. The number of piperidine rings is 1. The third-order valence-electron chi connectivity index (χ3n) is 4.58. The third-order valence-corrected chi connectivity index (χ3v) is 6.47. The molecule has 0 unspecified atom stereocenters. The molecule has 0 aromatic heterocycles. The molecule has 1 aliphatic heterocycles. The summed E-state index contributed by atoms with van der Waals surface area (Å²) in [5, 5.41) is 0. The molecular formula is C19H19F4NO3S. The fraction of sp³-hybridized carbons (Fsp3) is 0.368. The minimum Gasteiger partial charge on any atom is -0.490 e. The average Bonchev–Trinajstić information content (AvgIpc) is 2.68. The molecule has 1 saturated heterocycles. The van der Waals surface area contributed by atoms with Crippen molar-refractivity contribution in [2.45, 2.75) is 36.7 Å². The summed E-state index contributed by atoms with van der Waals surface area (Å²) in [7, 11) is -3.79. The molecule has 0 atom stereocenters. The van der Waals surface area contributed by atoms with Gasteiger partial charge >= 0.3 is 6.18 Å². The maximum atomic E-state index is 13.1. The van der Waals surface area contributed by atoms with E-state index in [0.717, 1.165) is 6.07 Å². The Balaban J connectivity index is 1.68. The summed E-state index contributed by atoms with van der Waals surface area (Å²) in [5.41, 5.74) is -0.587. The van der Waals surface area contributed by atoms with Crippen molar-refractivity contribution >= 4 is 10.0 Å². The molecule has 2 aromatic carbocycles. The molecule has 28 heavy (non-hydrogen) atoms. The van der Waals surface area contributed by atoms with Gasteiger partial charge in [-0.05, 0) is 42.7 Å². The molecule has 2 aromatic rings. The molecule has 0 amide bonds. The Labute approximate surface area is 160 Å². The van der Waals surface area contributed by atoms with Gasteiger partial charge < -0.3 is 4.74 Å². The van der Waals surface area contributed by atoms with Crippen LogP contribution < -0.4 is 4.74 Å². The lowest BCUT2D eigenvalue weighted by atomic mass is 10.1. The highest BCUT2D eigenvalue weighted by Gasteiger charge is 2.36. The Morgan fingerprint density at radius 3 is 2.36 bits per heavy atom. The first-order valence-electron chi connectivity index (χ1n) is 8.70. The van der Waals surface area contributed by atoms with Crippen molar-refractivity contribution in [3.63, 3.8) is 0 Å². The van der Waals surface area contributed by atoms with Crippen molar-refractivity contribution in [1.29, 1.82) is 0 Å². The second kappa shape index (κ2) is 8.08. The van der Waals surface area contributed by atoms with Crippen molar-refractivity contribution in [3.8, 4) is 5.75 Å². The second-order valence-electron chi connectivity index (χ2n) is 6.50. The number of alkyl halides is 4. The molecule has 3 rings (SSSR count). The van der Waals surface area contributed by atoms with Crippen molar-refractivity contribution < 1.29 is 30.7 Å². The van der Waals surface area contributed by atoms with Crippen molar-refractivity contribution in [3.05, 3.63) is 59.7 Å². The zero-order valence-electron chi connectivity index (χ0n) is 14.8. The van der Waals surface area contributed by atoms with Gasteiger partial charge in [0.15, 0.2) is 0 Å². The molecule has 0 radical (unpaired) electrons. The molecule has 0 N–H and O–H groups in total. The van der Waals surface area contributed by atoms with E-state index in [1.807, 2.05) is 0 Å². The van der Waals surface area contributed by atoms with Gasteiger partial charge in [-0.2, -0.15) is 17.5 Å². The smallest absolute Gasteiger partial charge is 0.419 e. The zero-order valence-corrected chi connectivity index (χ0v) is 15.6. The second-order valence-corrected chi connectivity index (χ2v) is 8.43. The van der Waals surface area contributed by atoms with E-state index in [1.165, 1.54) is 46.8 Å². The van der Waals surface area contributed by atoms with Crippen molar-refractivity contribution in [2.24, 2.45) is 0 Å². The van der Waals surface area contributed by atoms with Crippen LogP contribution in [0.25, 0.3) is 0 Å². The molecule has 0 aliphatic carbocycles. The number of ether oxygens (including phenoxy) is 1. The van der Waals surface area contributed by atoms with Crippen molar-refractivity contribution in [1.82, 2.24) is 4.31 Å². The minimum atomic E-state index is -4.53. The van der Waals surface area contributed by atoms with Gasteiger partial charge in [0.2, 0.25) is 10.0 Å². The first kappa shape index (κ1) is 20.6. The first-order valence-corrected chi connectivity index (χ1v) is 10.1. The summed E-state index contributed by atoms with van der Waals surface area (Å²) < 4.78 is 84.2. The number of nitrogens with zero attached hydrogens (tertiary/aromatic N) is 1. The lowest BCUT2D eigenvalue weighted by Crippen LogP contribution is -2.41. The number of sulfonamides is 1.